The van der Waals surface area contributed by atoms with Gasteiger partial charge in [-0.05, 0) is 70.3 Å². The average molecular weight is 357 g/mol. The molecule has 1 aromatic carbocycles. The lowest BCUT2D eigenvalue weighted by Crippen LogP contribution is -2.41. The molecule has 1 saturated heterocycles. The first kappa shape index (κ1) is 19.4. The summed E-state index contributed by atoms with van der Waals surface area (Å²) in [6.07, 6.45) is 4.44. The van der Waals surface area contributed by atoms with Gasteiger partial charge in [-0.25, -0.2) is 0 Å². The first-order valence-electron chi connectivity index (χ1n) is 9.77. The number of hydrogen-bond acceptors (Lipinski definition) is 3. The molecular weight excluding hydrogens is 325 g/mol. The largest absolute Gasteiger partial charge is 0.494 e. The van der Waals surface area contributed by atoms with Crippen molar-refractivity contribution in [3.8, 4) is 0 Å². The summed E-state index contributed by atoms with van der Waals surface area (Å²) >= 11 is 0. The molecule has 1 aromatic rings. The Morgan fingerprint density at radius 1 is 1.19 bits per heavy atom. The summed E-state index contributed by atoms with van der Waals surface area (Å²) in [4.78, 5) is 13.5. The van der Waals surface area contributed by atoms with Gasteiger partial charge in [-0.3, -0.25) is 4.79 Å². The highest BCUT2D eigenvalue weighted by Gasteiger charge is 2.51. The summed E-state index contributed by atoms with van der Waals surface area (Å²) in [6, 6.07) is 9.00. The van der Waals surface area contributed by atoms with Gasteiger partial charge in [-0.1, -0.05) is 24.3 Å². The number of benzene rings is 1. The van der Waals surface area contributed by atoms with Gasteiger partial charge in [0.15, 0.2) is 0 Å². The van der Waals surface area contributed by atoms with Crippen LogP contribution in [-0.4, -0.2) is 42.2 Å². The Balaban J connectivity index is 1.65. The maximum Gasteiger partial charge on any atom is 0.494 e. The smallest absolute Gasteiger partial charge is 0.399 e. The van der Waals surface area contributed by atoms with Gasteiger partial charge in [0, 0.05) is 20.0 Å². The van der Waals surface area contributed by atoms with Gasteiger partial charge in [0.2, 0.25) is 5.91 Å². The van der Waals surface area contributed by atoms with Crippen molar-refractivity contribution in [2.45, 2.75) is 77.5 Å². The third-order valence-electron chi connectivity index (χ3n) is 6.56. The Morgan fingerprint density at radius 2 is 1.85 bits per heavy atom. The summed E-state index contributed by atoms with van der Waals surface area (Å²) in [6.45, 7) is 9.99. The van der Waals surface area contributed by atoms with Crippen LogP contribution in [0.4, 0.5) is 0 Å². The third-order valence-corrected chi connectivity index (χ3v) is 6.56. The van der Waals surface area contributed by atoms with E-state index in [1.165, 1.54) is 12.0 Å². The zero-order valence-electron chi connectivity index (χ0n) is 17.0. The van der Waals surface area contributed by atoms with Crippen LogP contribution in [0.1, 0.15) is 59.4 Å². The van der Waals surface area contributed by atoms with Crippen LogP contribution in [0.15, 0.2) is 24.3 Å². The van der Waals surface area contributed by atoms with Crippen molar-refractivity contribution in [2.24, 2.45) is 5.92 Å². The maximum atomic E-state index is 11.6. The molecule has 1 aliphatic carbocycles. The molecule has 26 heavy (non-hydrogen) atoms. The van der Waals surface area contributed by atoms with Gasteiger partial charge >= 0.3 is 7.12 Å². The van der Waals surface area contributed by atoms with Crippen molar-refractivity contribution in [1.82, 2.24) is 4.90 Å². The molecule has 1 unspecified atom stereocenters. The van der Waals surface area contributed by atoms with E-state index in [1.54, 1.807) is 6.92 Å². The lowest BCUT2D eigenvalue weighted by atomic mass is 9.78. The van der Waals surface area contributed by atoms with Crippen LogP contribution >= 0.6 is 0 Å². The van der Waals surface area contributed by atoms with E-state index in [1.807, 2.05) is 11.9 Å². The van der Waals surface area contributed by atoms with Crippen molar-refractivity contribution in [3.05, 3.63) is 29.8 Å². The van der Waals surface area contributed by atoms with Crippen LogP contribution in [0.25, 0.3) is 0 Å². The minimum Gasteiger partial charge on any atom is -0.399 e. The van der Waals surface area contributed by atoms with Crippen molar-refractivity contribution in [1.29, 1.82) is 0 Å². The highest BCUT2D eigenvalue weighted by atomic mass is 16.7. The van der Waals surface area contributed by atoms with Crippen LogP contribution in [0.3, 0.4) is 0 Å². The maximum absolute atomic E-state index is 11.6. The van der Waals surface area contributed by atoms with Gasteiger partial charge in [0.25, 0.3) is 0 Å². The first-order chi connectivity index (χ1) is 12.1. The molecule has 2 atom stereocenters. The molecule has 1 heterocycles. The number of amides is 1. The molecule has 1 amide bonds. The second-order valence-corrected chi connectivity index (χ2v) is 9.00. The molecule has 0 bridgehead atoms. The Labute approximate surface area is 158 Å². The van der Waals surface area contributed by atoms with Crippen LogP contribution in [0.2, 0.25) is 0 Å². The fourth-order valence-electron chi connectivity index (χ4n) is 4.02. The lowest BCUT2D eigenvalue weighted by molar-refractivity contribution is -0.129. The van der Waals surface area contributed by atoms with Crippen molar-refractivity contribution >= 4 is 18.5 Å². The Morgan fingerprint density at radius 3 is 2.46 bits per heavy atom. The number of carbonyl (C=O) groups excluding carboxylic acids is 1. The van der Waals surface area contributed by atoms with E-state index in [2.05, 4.69) is 52.0 Å². The van der Waals surface area contributed by atoms with E-state index in [4.69, 9.17) is 9.31 Å². The Bertz CT molecular complexity index is 657. The molecule has 2 aliphatic rings. The van der Waals surface area contributed by atoms with E-state index in [-0.39, 0.29) is 24.2 Å². The molecular formula is C21H32BNO3. The Hall–Kier alpha value is -1.33. The zero-order chi connectivity index (χ0) is 19.1. The zero-order valence-corrected chi connectivity index (χ0v) is 17.0. The average Bonchev–Trinajstić information content (AvgIpc) is 3.09. The highest BCUT2D eigenvalue weighted by molar-refractivity contribution is 6.62. The number of hydrogen-bond donors (Lipinski definition) is 0. The predicted octanol–water partition coefficient (Wildman–Crippen LogP) is 3.18. The van der Waals surface area contributed by atoms with Crippen molar-refractivity contribution in [3.63, 3.8) is 0 Å². The Kier molecular flexibility index (Phi) is 5.24. The number of carbonyl (C=O) groups is 1. The fourth-order valence-corrected chi connectivity index (χ4v) is 4.02. The van der Waals surface area contributed by atoms with Crippen LogP contribution in [-0.2, 0) is 20.5 Å². The van der Waals surface area contributed by atoms with Gasteiger partial charge in [-0.2, -0.15) is 0 Å². The van der Waals surface area contributed by atoms with E-state index in [9.17, 15) is 4.79 Å². The van der Waals surface area contributed by atoms with E-state index < -0.39 is 0 Å². The summed E-state index contributed by atoms with van der Waals surface area (Å²) in [7, 11) is 1.62. The van der Waals surface area contributed by atoms with Gasteiger partial charge in [-0.15, -0.1) is 0 Å². The van der Waals surface area contributed by atoms with Crippen LogP contribution in [0.5, 0.6) is 0 Å². The molecule has 1 saturated carbocycles. The molecule has 142 valence electrons. The number of nitrogens with zero attached hydrogens (tertiary/aromatic N) is 1. The third kappa shape index (κ3) is 3.84. The topological polar surface area (TPSA) is 38.8 Å². The van der Waals surface area contributed by atoms with Gasteiger partial charge in [0.1, 0.15) is 0 Å². The quantitative estimate of drug-likeness (QED) is 0.777. The van der Waals surface area contributed by atoms with E-state index in [0.29, 0.717) is 12.0 Å². The molecule has 4 nitrogen and oxygen atoms in total. The molecule has 5 heteroatoms. The second kappa shape index (κ2) is 7.01. The summed E-state index contributed by atoms with van der Waals surface area (Å²) in [5, 5.41) is 0. The van der Waals surface area contributed by atoms with Crippen LogP contribution < -0.4 is 5.46 Å². The van der Waals surface area contributed by atoms with Gasteiger partial charge in [0.05, 0.1) is 11.2 Å². The second-order valence-electron chi connectivity index (χ2n) is 9.00. The fraction of sp³-hybridized carbons (Fsp3) is 0.667. The molecule has 0 N–H and O–H groups in total. The van der Waals surface area contributed by atoms with Crippen molar-refractivity contribution in [2.75, 3.05) is 7.05 Å². The molecule has 1 aliphatic heterocycles. The number of rotatable bonds is 4. The minimum atomic E-state index is -0.316. The molecule has 3 rings (SSSR count). The summed E-state index contributed by atoms with van der Waals surface area (Å²) < 4.78 is 12.4. The lowest BCUT2D eigenvalue weighted by Gasteiger charge is -2.32. The van der Waals surface area contributed by atoms with Crippen molar-refractivity contribution < 1.29 is 14.1 Å². The normalized spacial score (nSPS) is 26.9. The standard InChI is InChI=1S/C21H32BNO3/c1-15(24)23(6)19-11-10-17(14-19)12-16-8-7-9-18(13-16)22-25-20(2,3)21(4,5)26-22/h7-9,13,17,19H,10-12,14H2,1-6H3/t17?,19-/m1/s1. The summed E-state index contributed by atoms with van der Waals surface area (Å²) in [5.41, 5.74) is 1.79. The predicted molar refractivity (Wildman–Crippen MR) is 105 cm³/mol. The van der Waals surface area contributed by atoms with E-state index in [0.717, 1.165) is 24.7 Å². The molecule has 0 spiro atoms. The molecule has 0 radical (unpaired) electrons. The minimum absolute atomic E-state index is 0.165. The van der Waals surface area contributed by atoms with Gasteiger partial charge < -0.3 is 14.2 Å². The monoisotopic (exact) mass is 357 g/mol. The first-order valence-corrected chi connectivity index (χ1v) is 9.77. The summed E-state index contributed by atoms with van der Waals surface area (Å²) in [5.74, 6) is 0.800. The van der Waals surface area contributed by atoms with E-state index >= 15 is 0 Å². The van der Waals surface area contributed by atoms with Crippen LogP contribution in [0, 0.1) is 5.92 Å². The highest BCUT2D eigenvalue weighted by Crippen LogP contribution is 2.36. The molecule has 0 aromatic heterocycles. The SMILES string of the molecule is CC(=O)N(C)[C@@H]1CCC(Cc2cccc(B3OC(C)(C)C(C)(C)O3)c2)C1. The molecule has 2 fully saturated rings.